The maximum absolute atomic E-state index is 6.13. The maximum atomic E-state index is 6.13. The summed E-state index contributed by atoms with van der Waals surface area (Å²) in [5, 5.41) is 2.08. The second kappa shape index (κ2) is 4.61. The molecule has 0 aliphatic rings. The van der Waals surface area contributed by atoms with E-state index in [0.29, 0.717) is 11.4 Å². The molecule has 0 aliphatic carbocycles. The maximum Gasteiger partial charge on any atom is 0.142 e. The van der Waals surface area contributed by atoms with Gasteiger partial charge < -0.3 is 10.5 Å². The first-order valence-electron chi connectivity index (χ1n) is 6.07. The molecule has 3 nitrogen and oxygen atoms in total. The van der Waals surface area contributed by atoms with Gasteiger partial charge in [-0.3, -0.25) is 4.98 Å². The van der Waals surface area contributed by atoms with Crippen LogP contribution < -0.4 is 10.5 Å². The number of anilines is 1. The van der Waals surface area contributed by atoms with Gasteiger partial charge in [-0.05, 0) is 29.7 Å². The van der Waals surface area contributed by atoms with Crippen LogP contribution >= 0.6 is 0 Å². The summed E-state index contributed by atoms with van der Waals surface area (Å²) in [6.07, 6.45) is 1.79. The van der Waals surface area contributed by atoms with Crippen molar-refractivity contribution in [2.24, 2.45) is 0 Å². The molecule has 0 saturated carbocycles. The third-order valence-corrected chi connectivity index (χ3v) is 3.20. The highest BCUT2D eigenvalue weighted by atomic mass is 16.5. The molecule has 2 N–H and O–H groups in total. The van der Waals surface area contributed by atoms with Crippen molar-refractivity contribution >= 4 is 16.5 Å². The van der Waals surface area contributed by atoms with Crippen molar-refractivity contribution < 1.29 is 4.74 Å². The monoisotopic (exact) mass is 250 g/mol. The molecule has 0 radical (unpaired) electrons. The van der Waals surface area contributed by atoms with E-state index in [1.54, 1.807) is 13.3 Å². The molecule has 3 aromatic rings. The molecule has 1 aromatic heterocycles. The third-order valence-electron chi connectivity index (χ3n) is 3.20. The number of aromatic nitrogens is 1. The van der Waals surface area contributed by atoms with Crippen molar-refractivity contribution in [2.45, 2.75) is 0 Å². The average molecular weight is 250 g/mol. The van der Waals surface area contributed by atoms with Crippen LogP contribution in [0.15, 0.2) is 54.7 Å². The van der Waals surface area contributed by atoms with E-state index in [-0.39, 0.29) is 0 Å². The number of methoxy groups -OCH3 is 1. The first-order chi connectivity index (χ1) is 9.29. The molecule has 0 fully saturated rings. The van der Waals surface area contributed by atoms with E-state index >= 15 is 0 Å². The molecule has 0 unspecified atom stereocenters. The minimum atomic E-state index is 0.665. The van der Waals surface area contributed by atoms with Gasteiger partial charge in [-0.2, -0.15) is 0 Å². The summed E-state index contributed by atoms with van der Waals surface area (Å²) < 4.78 is 5.26. The minimum Gasteiger partial charge on any atom is -0.495 e. The number of rotatable bonds is 2. The van der Waals surface area contributed by atoms with Crippen LogP contribution in [0.5, 0.6) is 5.75 Å². The standard InChI is InChI=1S/C16H14N2O/c1-19-15-8-7-11-5-6-12(10-13(11)16(15)17)14-4-2-3-9-18-14/h2-10H,17H2,1H3. The second-order valence-corrected chi connectivity index (χ2v) is 4.33. The molecule has 0 spiro atoms. The second-order valence-electron chi connectivity index (χ2n) is 4.33. The lowest BCUT2D eigenvalue weighted by Gasteiger charge is -2.09. The average Bonchev–Trinajstić information content (AvgIpc) is 2.48. The van der Waals surface area contributed by atoms with E-state index in [1.165, 1.54) is 0 Å². The predicted octanol–water partition coefficient (Wildman–Crippen LogP) is 3.49. The Morgan fingerprint density at radius 1 is 1.05 bits per heavy atom. The van der Waals surface area contributed by atoms with E-state index in [9.17, 15) is 0 Å². The highest BCUT2D eigenvalue weighted by Gasteiger charge is 2.06. The number of pyridine rings is 1. The van der Waals surface area contributed by atoms with E-state index in [0.717, 1.165) is 22.0 Å². The zero-order valence-corrected chi connectivity index (χ0v) is 10.6. The van der Waals surface area contributed by atoms with Crippen molar-refractivity contribution in [3.8, 4) is 17.0 Å². The number of hydrogen-bond donors (Lipinski definition) is 1. The van der Waals surface area contributed by atoms with Crippen LogP contribution in [0.3, 0.4) is 0 Å². The van der Waals surface area contributed by atoms with Crippen molar-refractivity contribution in [1.29, 1.82) is 0 Å². The van der Waals surface area contributed by atoms with Crippen molar-refractivity contribution in [3.63, 3.8) is 0 Å². The first kappa shape index (κ1) is 11.5. The lowest BCUT2D eigenvalue weighted by Crippen LogP contribution is -1.93. The topological polar surface area (TPSA) is 48.1 Å². The number of nitrogens with two attached hydrogens (primary N) is 1. The number of fused-ring (bicyclic) bond motifs is 1. The van der Waals surface area contributed by atoms with Crippen LogP contribution in [-0.4, -0.2) is 12.1 Å². The van der Waals surface area contributed by atoms with E-state index in [4.69, 9.17) is 10.5 Å². The Morgan fingerprint density at radius 3 is 2.63 bits per heavy atom. The van der Waals surface area contributed by atoms with E-state index < -0.39 is 0 Å². The molecular formula is C16H14N2O. The molecule has 1 heterocycles. The van der Waals surface area contributed by atoms with Crippen LogP contribution in [-0.2, 0) is 0 Å². The summed E-state index contributed by atoms with van der Waals surface area (Å²) in [7, 11) is 1.63. The summed E-state index contributed by atoms with van der Waals surface area (Å²) in [5.41, 5.74) is 8.78. The van der Waals surface area contributed by atoms with Gasteiger partial charge in [0.25, 0.3) is 0 Å². The van der Waals surface area contributed by atoms with Crippen molar-refractivity contribution in [3.05, 3.63) is 54.7 Å². The Labute approximate surface area is 111 Å². The molecule has 0 aliphatic heterocycles. The summed E-state index contributed by atoms with van der Waals surface area (Å²) in [4.78, 5) is 4.36. The zero-order valence-electron chi connectivity index (χ0n) is 10.6. The van der Waals surface area contributed by atoms with Gasteiger partial charge in [-0.15, -0.1) is 0 Å². The molecule has 0 saturated heterocycles. The molecule has 2 aromatic carbocycles. The lowest BCUT2D eigenvalue weighted by atomic mass is 10.0. The minimum absolute atomic E-state index is 0.665. The number of hydrogen-bond acceptors (Lipinski definition) is 3. The quantitative estimate of drug-likeness (QED) is 0.708. The summed E-state index contributed by atoms with van der Waals surface area (Å²) in [6.45, 7) is 0. The fourth-order valence-electron chi connectivity index (χ4n) is 2.19. The Bertz CT molecular complexity index is 723. The normalized spacial score (nSPS) is 10.6. The molecule has 3 rings (SSSR count). The fourth-order valence-corrected chi connectivity index (χ4v) is 2.19. The van der Waals surface area contributed by atoms with Crippen LogP contribution in [0.1, 0.15) is 0 Å². The van der Waals surface area contributed by atoms with Crippen LogP contribution in [0.2, 0.25) is 0 Å². The predicted molar refractivity (Wildman–Crippen MR) is 78.1 cm³/mol. The largest absolute Gasteiger partial charge is 0.495 e. The number of nitrogens with zero attached hydrogens (tertiary/aromatic N) is 1. The Hall–Kier alpha value is -2.55. The van der Waals surface area contributed by atoms with Gasteiger partial charge in [-0.25, -0.2) is 0 Å². The third kappa shape index (κ3) is 1.99. The molecular weight excluding hydrogens is 236 g/mol. The van der Waals surface area contributed by atoms with Gasteiger partial charge in [0.1, 0.15) is 5.75 Å². The first-order valence-corrected chi connectivity index (χ1v) is 6.07. The van der Waals surface area contributed by atoms with Crippen molar-refractivity contribution in [2.75, 3.05) is 12.8 Å². The van der Waals surface area contributed by atoms with E-state index in [2.05, 4.69) is 23.2 Å². The SMILES string of the molecule is COc1ccc2ccc(-c3ccccn3)cc2c1N. The number of nitrogen functional groups attached to an aromatic ring is 1. The van der Waals surface area contributed by atoms with Gasteiger partial charge >= 0.3 is 0 Å². The zero-order chi connectivity index (χ0) is 13.2. The summed E-state index contributed by atoms with van der Waals surface area (Å²) >= 11 is 0. The van der Waals surface area contributed by atoms with Crippen LogP contribution in [0.4, 0.5) is 5.69 Å². The highest BCUT2D eigenvalue weighted by molar-refractivity contribution is 5.98. The summed E-state index contributed by atoms with van der Waals surface area (Å²) in [6, 6.07) is 15.9. The Morgan fingerprint density at radius 2 is 1.89 bits per heavy atom. The Kier molecular flexibility index (Phi) is 2.80. The molecule has 0 bridgehead atoms. The lowest BCUT2D eigenvalue weighted by molar-refractivity contribution is 0.417. The number of ether oxygens (including phenoxy) is 1. The molecule has 94 valence electrons. The van der Waals surface area contributed by atoms with E-state index in [1.807, 2.05) is 30.3 Å². The van der Waals surface area contributed by atoms with Gasteiger partial charge in [0.15, 0.2) is 0 Å². The van der Waals surface area contributed by atoms with Crippen molar-refractivity contribution in [1.82, 2.24) is 4.98 Å². The molecule has 19 heavy (non-hydrogen) atoms. The molecule has 3 heteroatoms. The van der Waals surface area contributed by atoms with Gasteiger partial charge in [0.05, 0.1) is 18.5 Å². The van der Waals surface area contributed by atoms with Crippen LogP contribution in [0, 0.1) is 0 Å². The van der Waals surface area contributed by atoms with Gasteiger partial charge in [0, 0.05) is 17.1 Å². The van der Waals surface area contributed by atoms with Crippen LogP contribution in [0.25, 0.3) is 22.0 Å². The Balaban J connectivity index is 2.22. The summed E-state index contributed by atoms with van der Waals surface area (Å²) in [5.74, 6) is 0.700. The fraction of sp³-hybridized carbons (Fsp3) is 0.0625. The van der Waals surface area contributed by atoms with Gasteiger partial charge in [-0.1, -0.05) is 24.3 Å². The highest BCUT2D eigenvalue weighted by Crippen LogP contribution is 2.32. The molecule has 0 atom stereocenters. The smallest absolute Gasteiger partial charge is 0.142 e. The number of benzene rings is 2. The molecule has 0 amide bonds. The van der Waals surface area contributed by atoms with Gasteiger partial charge in [0.2, 0.25) is 0 Å².